The molecule has 1 rings (SSSR count). The second-order valence-corrected chi connectivity index (χ2v) is 14.8. The van der Waals surface area contributed by atoms with Gasteiger partial charge in [0.2, 0.25) is 0 Å². The average Bonchev–Trinajstić information content (AvgIpc) is 2.92. The predicted octanol–water partition coefficient (Wildman–Crippen LogP) is 1.68. The molecule has 1 aliphatic rings. The molecule has 1 fully saturated rings. The fraction of sp³-hybridized carbons (Fsp3) is 1.00. The summed E-state index contributed by atoms with van der Waals surface area (Å²) in [6.07, 6.45) is -0.351. The van der Waals surface area contributed by atoms with Crippen molar-refractivity contribution < 1.29 is 51.7 Å². The van der Waals surface area contributed by atoms with E-state index in [2.05, 4.69) is 16.3 Å². The third kappa shape index (κ3) is 13.9. The Balaban J connectivity index is 2.34. The maximum atomic E-state index is 10.3. The molecule has 3 unspecified atom stereocenters. The molecule has 0 aliphatic carbocycles. The maximum Gasteiger partial charge on any atom is 0.324 e. The molecular weight excluding hydrogens is 521 g/mol. The second kappa shape index (κ2) is 13.4. The molecule has 1 heterocycles. The zero-order valence-corrected chi connectivity index (χ0v) is 21.9. The maximum absolute atomic E-state index is 10.3. The SMILES string of the molecule is CC(C)OC[C@H]1O[C@@H](C)CC1OP(O)(=S)OCCOP(O)(=S)OCCOP(O)(O)=S. The van der Waals surface area contributed by atoms with E-state index < -0.39 is 26.3 Å². The topological polar surface area (TPSA) is 146 Å². The fourth-order valence-corrected chi connectivity index (χ4v) is 5.47. The summed E-state index contributed by atoms with van der Waals surface area (Å²) in [4.78, 5) is 37.9. The highest BCUT2D eigenvalue weighted by molar-refractivity contribution is 8.07. The van der Waals surface area contributed by atoms with Crippen molar-refractivity contribution in [3.8, 4) is 0 Å². The van der Waals surface area contributed by atoms with Gasteiger partial charge in [-0.3, -0.25) is 0 Å². The summed E-state index contributed by atoms with van der Waals surface area (Å²) in [6, 6.07) is 0. The van der Waals surface area contributed by atoms with E-state index in [9.17, 15) is 9.79 Å². The normalized spacial score (nSPS) is 26.6. The summed E-state index contributed by atoms with van der Waals surface area (Å²) in [5.74, 6) is 0. The first-order valence-corrected chi connectivity index (χ1v) is 16.7. The van der Waals surface area contributed by atoms with Crippen molar-refractivity contribution in [1.82, 2.24) is 0 Å². The van der Waals surface area contributed by atoms with Crippen molar-refractivity contribution >= 4 is 55.6 Å². The lowest BCUT2D eigenvalue weighted by molar-refractivity contribution is -0.0531. The summed E-state index contributed by atoms with van der Waals surface area (Å²) in [5.41, 5.74) is 0. The Morgan fingerprint density at radius 3 is 1.90 bits per heavy atom. The van der Waals surface area contributed by atoms with Gasteiger partial charge in [-0.15, -0.1) is 0 Å². The Kier molecular flexibility index (Phi) is 13.2. The van der Waals surface area contributed by atoms with Crippen LogP contribution in [-0.4, -0.2) is 77.0 Å². The first kappa shape index (κ1) is 29.5. The van der Waals surface area contributed by atoms with Gasteiger partial charge in [0.1, 0.15) is 6.10 Å². The molecule has 0 aromatic heterocycles. The molecule has 0 amide bonds. The first-order chi connectivity index (χ1) is 13.7. The van der Waals surface area contributed by atoms with Crippen LogP contribution in [0.15, 0.2) is 0 Å². The Labute approximate surface area is 191 Å². The van der Waals surface area contributed by atoms with Gasteiger partial charge in [-0.2, -0.15) is 0 Å². The third-order valence-corrected chi connectivity index (χ3v) is 7.54. The van der Waals surface area contributed by atoms with Crippen molar-refractivity contribution in [1.29, 1.82) is 0 Å². The lowest BCUT2D eigenvalue weighted by Gasteiger charge is -2.24. The molecule has 0 spiro atoms. The molecule has 0 aromatic rings. The quantitative estimate of drug-likeness (QED) is 0.173. The highest BCUT2D eigenvalue weighted by Crippen LogP contribution is 2.48. The smallest absolute Gasteiger partial charge is 0.324 e. The third-order valence-electron chi connectivity index (χ3n) is 3.44. The zero-order chi connectivity index (χ0) is 23.0. The summed E-state index contributed by atoms with van der Waals surface area (Å²) in [6.45, 7) is -5.95. The van der Waals surface area contributed by atoms with Crippen LogP contribution in [0.25, 0.3) is 0 Å². The van der Waals surface area contributed by atoms with E-state index in [4.69, 9.17) is 61.0 Å². The van der Waals surface area contributed by atoms with E-state index in [-0.39, 0.29) is 44.7 Å². The van der Waals surface area contributed by atoms with E-state index in [1.807, 2.05) is 20.8 Å². The molecule has 11 nitrogen and oxygen atoms in total. The number of rotatable bonds is 15. The van der Waals surface area contributed by atoms with Gasteiger partial charge in [0.05, 0.1) is 51.3 Å². The van der Waals surface area contributed by atoms with Crippen LogP contribution < -0.4 is 0 Å². The summed E-state index contributed by atoms with van der Waals surface area (Å²) in [7, 11) is 0. The molecule has 17 heteroatoms. The van der Waals surface area contributed by atoms with Gasteiger partial charge in [0.25, 0.3) is 0 Å². The van der Waals surface area contributed by atoms with Crippen molar-refractivity contribution in [3.63, 3.8) is 0 Å². The number of hydrogen-bond donors (Lipinski definition) is 4. The van der Waals surface area contributed by atoms with Gasteiger partial charge in [0, 0.05) is 6.42 Å². The van der Waals surface area contributed by atoms with E-state index in [1.165, 1.54) is 0 Å². The highest BCUT2D eigenvalue weighted by Gasteiger charge is 2.37. The fourth-order valence-electron chi connectivity index (χ4n) is 2.32. The monoisotopic (exact) mass is 550 g/mol. The van der Waals surface area contributed by atoms with Crippen LogP contribution in [0.3, 0.4) is 0 Å². The summed E-state index contributed by atoms with van der Waals surface area (Å²) in [5, 5.41) is 0. The van der Waals surface area contributed by atoms with Crippen LogP contribution in [-0.2, 0) is 67.5 Å². The largest absolute Gasteiger partial charge is 0.376 e. The van der Waals surface area contributed by atoms with E-state index in [0.717, 1.165) is 0 Å². The van der Waals surface area contributed by atoms with Gasteiger partial charge in [0.15, 0.2) is 0 Å². The average molecular weight is 550 g/mol. The molecule has 0 bridgehead atoms. The Hall–Kier alpha value is 1.51. The van der Waals surface area contributed by atoms with Crippen LogP contribution >= 0.6 is 20.2 Å². The van der Waals surface area contributed by atoms with Gasteiger partial charge in [-0.05, 0) is 56.2 Å². The van der Waals surface area contributed by atoms with Gasteiger partial charge < -0.3 is 51.7 Å². The van der Waals surface area contributed by atoms with Crippen molar-refractivity contribution in [3.05, 3.63) is 0 Å². The van der Waals surface area contributed by atoms with Crippen molar-refractivity contribution in [2.24, 2.45) is 0 Å². The summed E-state index contributed by atoms with van der Waals surface area (Å²) >= 11 is 14.1. The van der Waals surface area contributed by atoms with E-state index in [0.29, 0.717) is 13.0 Å². The van der Waals surface area contributed by atoms with Crippen LogP contribution in [0.1, 0.15) is 27.2 Å². The van der Waals surface area contributed by atoms with E-state index in [1.54, 1.807) is 0 Å². The highest BCUT2D eigenvalue weighted by atomic mass is 32.5. The predicted molar refractivity (Wildman–Crippen MR) is 120 cm³/mol. The van der Waals surface area contributed by atoms with Gasteiger partial charge in [-0.1, -0.05) is 0 Å². The molecule has 30 heavy (non-hydrogen) atoms. The van der Waals surface area contributed by atoms with Crippen LogP contribution in [0.2, 0.25) is 0 Å². The molecule has 4 N–H and O–H groups in total. The number of hydrogen-bond acceptors (Lipinski definition) is 10. The molecule has 180 valence electrons. The van der Waals surface area contributed by atoms with Crippen LogP contribution in [0, 0.1) is 0 Å². The molecule has 1 saturated heterocycles. The molecule has 1 aliphatic heterocycles. The van der Waals surface area contributed by atoms with Crippen molar-refractivity contribution in [2.75, 3.05) is 33.0 Å². The minimum Gasteiger partial charge on any atom is -0.376 e. The minimum atomic E-state index is -3.80. The lowest BCUT2D eigenvalue weighted by Crippen LogP contribution is -2.30. The van der Waals surface area contributed by atoms with Gasteiger partial charge >= 0.3 is 20.2 Å². The standard InChI is InChI=1S/C13H29O11P3S3/c1-10(2)18-9-13-12(8-11(3)23-13)24-27(17,30)22-7-6-21-26(16,29)20-5-4-19-25(14,15)28/h10-13H,4-9H2,1-3H3,(H,16,29)(H,17,30)(H2,14,15,28)/t11-,12?,13+,26?,27?/m0/s1. The minimum absolute atomic E-state index is 0.0258. The lowest BCUT2D eigenvalue weighted by atomic mass is 10.1. The van der Waals surface area contributed by atoms with Crippen LogP contribution in [0.5, 0.6) is 0 Å². The van der Waals surface area contributed by atoms with E-state index >= 15 is 0 Å². The molecule has 0 saturated carbocycles. The Morgan fingerprint density at radius 2 is 1.40 bits per heavy atom. The van der Waals surface area contributed by atoms with Crippen molar-refractivity contribution in [2.45, 2.75) is 51.6 Å². The number of ether oxygens (including phenoxy) is 2. The zero-order valence-electron chi connectivity index (χ0n) is 16.8. The van der Waals surface area contributed by atoms with Crippen LogP contribution in [0.4, 0.5) is 0 Å². The van der Waals surface area contributed by atoms with Gasteiger partial charge in [-0.25, -0.2) is 0 Å². The molecule has 0 aromatic carbocycles. The Bertz CT molecular complexity index is 661. The summed E-state index contributed by atoms with van der Waals surface area (Å²) < 4.78 is 36.5. The molecule has 0 radical (unpaired) electrons. The Morgan fingerprint density at radius 1 is 0.900 bits per heavy atom. The second-order valence-electron chi connectivity index (χ2n) is 6.51. The first-order valence-electron chi connectivity index (χ1n) is 8.94. The molecule has 5 atom stereocenters. The molecular formula is C13H29O11P3S3.